The van der Waals surface area contributed by atoms with Crippen LogP contribution in [0.1, 0.15) is 10.4 Å². The van der Waals surface area contributed by atoms with E-state index in [0.29, 0.717) is 0 Å². The lowest BCUT2D eigenvalue weighted by atomic mass is 10.2. The van der Waals surface area contributed by atoms with Gasteiger partial charge in [0, 0.05) is 18.5 Å². The minimum atomic E-state index is -0.800. The second-order valence-electron chi connectivity index (χ2n) is 3.91. The molecule has 0 atom stereocenters. The van der Waals surface area contributed by atoms with Crippen LogP contribution in [0.4, 0.5) is 17.1 Å². The quantitative estimate of drug-likeness (QED) is 0.576. The van der Waals surface area contributed by atoms with Gasteiger partial charge in [-0.15, -0.1) is 0 Å². The zero-order valence-electron chi connectivity index (χ0n) is 10.8. The molecule has 0 unspecified atom stereocenters. The highest BCUT2D eigenvalue weighted by Gasteiger charge is 2.21. The first-order chi connectivity index (χ1) is 9.99. The average molecular weight is 324 g/mol. The van der Waals surface area contributed by atoms with Crippen LogP contribution in [-0.4, -0.2) is 20.7 Å². The van der Waals surface area contributed by atoms with Gasteiger partial charge in [0.15, 0.2) is 0 Å². The fourth-order valence-electron chi connectivity index (χ4n) is 1.58. The number of hydrogen-bond acceptors (Lipinski definition) is 6. The maximum absolute atomic E-state index is 11.9. The zero-order chi connectivity index (χ0) is 15.4. The Morgan fingerprint density at radius 3 is 2.41 bits per heavy atom. The van der Waals surface area contributed by atoms with E-state index in [2.05, 4.69) is 10.3 Å². The third-order valence-corrected chi connectivity index (χ3v) is 2.56. The van der Waals surface area contributed by atoms with E-state index in [0.717, 1.165) is 18.2 Å². The number of carbonyl (C=O) groups excluding carboxylic acids is 1. The normalized spacial score (nSPS) is 9.45. The van der Waals surface area contributed by atoms with Crippen LogP contribution in [0.15, 0.2) is 42.7 Å². The van der Waals surface area contributed by atoms with E-state index in [4.69, 9.17) is 0 Å². The summed E-state index contributed by atoms with van der Waals surface area (Å²) in [6.07, 6.45) is 2.78. The van der Waals surface area contributed by atoms with E-state index >= 15 is 0 Å². The van der Waals surface area contributed by atoms with Crippen LogP contribution in [0.3, 0.4) is 0 Å². The zero-order valence-corrected chi connectivity index (χ0v) is 11.6. The fourth-order valence-corrected chi connectivity index (χ4v) is 1.58. The van der Waals surface area contributed by atoms with Crippen molar-refractivity contribution in [2.75, 3.05) is 5.32 Å². The van der Waals surface area contributed by atoms with Crippen molar-refractivity contribution in [2.45, 2.75) is 0 Å². The topological polar surface area (TPSA) is 128 Å². The highest BCUT2D eigenvalue weighted by atomic mass is 35.5. The first kappa shape index (κ1) is 17.0. The number of hydrogen-bond donors (Lipinski definition) is 1. The van der Waals surface area contributed by atoms with Gasteiger partial charge in [0.05, 0.1) is 21.5 Å². The molecule has 1 aromatic heterocycles. The molecule has 2 rings (SSSR count). The van der Waals surface area contributed by atoms with Crippen LogP contribution in [0, 0.1) is 20.2 Å². The van der Waals surface area contributed by atoms with Crippen LogP contribution in [-0.2, 0) is 0 Å². The lowest BCUT2D eigenvalue weighted by Gasteiger charge is -2.05. The average Bonchev–Trinajstić information content (AvgIpc) is 2.48. The monoisotopic (exact) mass is 323 g/mol. The number of anilines is 1. The number of aromatic nitrogens is 1. The number of non-ortho nitro benzene ring substituents is 1. The Hall–Kier alpha value is -3.07. The molecule has 0 fully saturated rings. The van der Waals surface area contributed by atoms with Crippen molar-refractivity contribution >= 4 is 23.0 Å². The van der Waals surface area contributed by atoms with E-state index in [1.165, 1.54) is 18.5 Å². The maximum Gasteiger partial charge on any atom is 0.299 e. The van der Waals surface area contributed by atoms with Gasteiger partial charge in [-0.3, -0.25) is 30.0 Å². The Morgan fingerprint density at radius 1 is 1.14 bits per heavy atom. The number of nitro benzene ring substituents is 2. The summed E-state index contributed by atoms with van der Waals surface area (Å²) in [5.74, 6) is -0.597. The molecule has 0 spiro atoms. The second kappa shape index (κ2) is 7.09. The lowest BCUT2D eigenvalue weighted by molar-refractivity contribution is -0.393. The summed E-state index contributed by atoms with van der Waals surface area (Å²) in [5, 5.41) is 23.9. The van der Waals surface area contributed by atoms with Gasteiger partial charge in [-0.25, -0.2) is 0 Å². The van der Waals surface area contributed by atoms with Gasteiger partial charge in [-0.2, -0.15) is 0 Å². The minimum Gasteiger partial charge on any atom is -1.00 e. The van der Waals surface area contributed by atoms with E-state index in [1.54, 1.807) is 6.07 Å². The van der Waals surface area contributed by atoms with Crippen molar-refractivity contribution in [3.63, 3.8) is 0 Å². The highest BCUT2D eigenvalue weighted by molar-refractivity contribution is 6.05. The molecule has 0 aliphatic heterocycles. The Labute approximate surface area is 129 Å². The molecular formula is C12H8ClN4O5-. The smallest absolute Gasteiger partial charge is 0.299 e. The van der Waals surface area contributed by atoms with E-state index in [1.807, 2.05) is 0 Å². The summed E-state index contributed by atoms with van der Waals surface area (Å²) in [6.45, 7) is 0. The largest absolute Gasteiger partial charge is 1.00 e. The summed E-state index contributed by atoms with van der Waals surface area (Å²) in [5.41, 5.74) is -0.896. The Kier molecular flexibility index (Phi) is 5.47. The molecule has 1 heterocycles. The molecule has 2 aromatic rings. The van der Waals surface area contributed by atoms with Gasteiger partial charge in [-0.05, 0) is 18.2 Å². The van der Waals surface area contributed by atoms with Gasteiger partial charge in [0.1, 0.15) is 5.69 Å². The number of carbonyl (C=O) groups is 1. The number of halogens is 1. The van der Waals surface area contributed by atoms with Gasteiger partial charge in [0.2, 0.25) is 0 Å². The number of rotatable bonds is 4. The molecule has 0 aliphatic rings. The Balaban J connectivity index is 0.00000242. The number of nitrogens with one attached hydrogen (secondary N) is 1. The van der Waals surface area contributed by atoms with Gasteiger partial charge >= 0.3 is 0 Å². The molecule has 22 heavy (non-hydrogen) atoms. The predicted molar refractivity (Wildman–Crippen MR) is 71.9 cm³/mol. The number of pyridine rings is 1. The van der Waals surface area contributed by atoms with Gasteiger partial charge < -0.3 is 17.7 Å². The summed E-state index contributed by atoms with van der Waals surface area (Å²) < 4.78 is 0. The van der Waals surface area contributed by atoms with Crippen molar-refractivity contribution in [1.29, 1.82) is 0 Å². The van der Waals surface area contributed by atoms with Crippen LogP contribution in [0.2, 0.25) is 0 Å². The molecule has 0 radical (unpaired) electrons. The summed E-state index contributed by atoms with van der Waals surface area (Å²) >= 11 is 0. The van der Waals surface area contributed by atoms with Crippen LogP contribution in [0.5, 0.6) is 0 Å². The van der Waals surface area contributed by atoms with Crippen molar-refractivity contribution in [3.8, 4) is 0 Å². The van der Waals surface area contributed by atoms with E-state index < -0.39 is 27.1 Å². The van der Waals surface area contributed by atoms with Crippen molar-refractivity contribution < 1.29 is 27.0 Å². The maximum atomic E-state index is 11.9. The Bertz CT molecular complexity index is 723. The molecule has 9 nitrogen and oxygen atoms in total. The summed E-state index contributed by atoms with van der Waals surface area (Å²) in [7, 11) is 0. The first-order valence-corrected chi connectivity index (χ1v) is 5.63. The molecule has 0 saturated carbocycles. The molecule has 1 amide bonds. The van der Waals surface area contributed by atoms with E-state index in [-0.39, 0.29) is 23.7 Å². The second-order valence-corrected chi connectivity index (χ2v) is 3.91. The van der Waals surface area contributed by atoms with Gasteiger partial charge in [-0.1, -0.05) is 0 Å². The van der Waals surface area contributed by atoms with Crippen molar-refractivity contribution in [1.82, 2.24) is 4.98 Å². The van der Waals surface area contributed by atoms with Crippen LogP contribution >= 0.6 is 0 Å². The van der Waals surface area contributed by atoms with Crippen LogP contribution < -0.4 is 17.7 Å². The third-order valence-electron chi connectivity index (χ3n) is 2.56. The lowest BCUT2D eigenvalue weighted by Crippen LogP contribution is -3.00. The predicted octanol–water partition coefficient (Wildman–Crippen LogP) is -0.846. The standard InChI is InChI=1S/C12H8N4O5.ClH/c17-12(8-2-1-5-13-7-8)14-10-4-3-9(15(18)19)6-11(10)16(20)21;/h1-7H,(H,14,17);1H/p-1. The number of benzene rings is 1. The summed E-state index contributed by atoms with van der Waals surface area (Å²) in [6, 6.07) is 6.01. The fraction of sp³-hybridized carbons (Fsp3) is 0. The summed E-state index contributed by atoms with van der Waals surface area (Å²) in [4.78, 5) is 35.7. The Morgan fingerprint density at radius 2 is 1.86 bits per heavy atom. The van der Waals surface area contributed by atoms with Crippen molar-refractivity contribution in [2.24, 2.45) is 0 Å². The third kappa shape index (κ3) is 3.73. The van der Waals surface area contributed by atoms with E-state index in [9.17, 15) is 25.0 Å². The molecule has 114 valence electrons. The number of nitro groups is 2. The number of nitrogens with zero attached hydrogens (tertiary/aromatic N) is 3. The number of amides is 1. The molecule has 1 aromatic carbocycles. The molecule has 0 saturated heterocycles. The van der Waals surface area contributed by atoms with Crippen LogP contribution in [0.25, 0.3) is 0 Å². The molecule has 0 aliphatic carbocycles. The SMILES string of the molecule is O=C(Nc1ccc([N+](=O)[O-])cc1[N+](=O)[O-])c1cccnc1.[Cl-]. The van der Waals surface area contributed by atoms with Gasteiger partial charge in [0.25, 0.3) is 17.3 Å². The molecule has 0 bridgehead atoms. The first-order valence-electron chi connectivity index (χ1n) is 5.63. The van der Waals surface area contributed by atoms with Crippen molar-refractivity contribution in [3.05, 3.63) is 68.5 Å². The molecular weight excluding hydrogens is 316 g/mol. The highest BCUT2D eigenvalue weighted by Crippen LogP contribution is 2.29. The minimum absolute atomic E-state index is 0. The molecule has 10 heteroatoms. The molecule has 1 N–H and O–H groups in total.